The van der Waals surface area contributed by atoms with Crippen LogP contribution in [0.2, 0.25) is 0 Å². The van der Waals surface area contributed by atoms with Crippen LogP contribution in [-0.2, 0) is 0 Å². The Morgan fingerprint density at radius 1 is 1.52 bits per heavy atom. The smallest absolute Gasteiger partial charge is 0.263 e. The average molecular weight is 344 g/mol. The van der Waals surface area contributed by atoms with E-state index in [-0.39, 0.29) is 5.91 Å². The zero-order valence-electron chi connectivity index (χ0n) is 12.2. The van der Waals surface area contributed by atoms with Gasteiger partial charge in [0.25, 0.3) is 5.91 Å². The molecule has 0 aromatic carbocycles. The normalized spacial score (nSPS) is 15.6. The molecule has 1 aliphatic rings. The third-order valence-electron chi connectivity index (χ3n) is 3.21. The summed E-state index contributed by atoms with van der Waals surface area (Å²) >= 11 is 5.12. The van der Waals surface area contributed by atoms with Gasteiger partial charge < -0.3 is 16.0 Å². The Balaban J connectivity index is 2.28. The van der Waals surface area contributed by atoms with Crippen LogP contribution in [0.5, 0.6) is 0 Å². The molecule has 116 valence electrons. The maximum Gasteiger partial charge on any atom is 0.263 e. The monoisotopic (exact) mass is 343 g/mol. The average Bonchev–Trinajstić information content (AvgIpc) is 2.68. The van der Waals surface area contributed by atoms with Crippen molar-refractivity contribution in [2.24, 2.45) is 0 Å². The van der Waals surface area contributed by atoms with Gasteiger partial charge in [0.1, 0.15) is 9.88 Å². The largest absolute Gasteiger partial charge is 0.396 e. The summed E-state index contributed by atoms with van der Waals surface area (Å²) in [4.78, 5) is 16.2. The molecule has 3 N–H and O–H groups in total. The number of nitrogens with zero attached hydrogens (tertiary/aromatic N) is 1. The second kappa shape index (κ2) is 8.00. The maximum absolute atomic E-state index is 12.2. The molecule has 7 heteroatoms. The summed E-state index contributed by atoms with van der Waals surface area (Å²) in [6.45, 7) is 6.13. The Bertz CT molecular complexity index is 508. The van der Waals surface area contributed by atoms with Crippen molar-refractivity contribution in [3.63, 3.8) is 0 Å². The quantitative estimate of drug-likeness (QED) is 0.636. The summed E-state index contributed by atoms with van der Waals surface area (Å²) in [5.74, 6) is 2.23. The molecule has 1 aromatic rings. The summed E-state index contributed by atoms with van der Waals surface area (Å²) in [6, 6.07) is 0. The Morgan fingerprint density at radius 2 is 2.33 bits per heavy atom. The van der Waals surface area contributed by atoms with E-state index in [2.05, 4.69) is 16.8 Å². The van der Waals surface area contributed by atoms with Crippen molar-refractivity contribution in [1.29, 1.82) is 0 Å². The second-order valence-electron chi connectivity index (χ2n) is 4.63. The van der Waals surface area contributed by atoms with E-state index in [0.29, 0.717) is 17.1 Å². The Labute approximate surface area is 138 Å². The zero-order valence-corrected chi connectivity index (χ0v) is 14.6. The first-order valence-corrected chi connectivity index (χ1v) is 10.1. The number of amides is 1. The highest BCUT2D eigenvalue weighted by molar-refractivity contribution is 7.99. The van der Waals surface area contributed by atoms with Crippen molar-refractivity contribution < 1.29 is 4.79 Å². The van der Waals surface area contributed by atoms with Crippen LogP contribution in [0.1, 0.15) is 16.1 Å². The summed E-state index contributed by atoms with van der Waals surface area (Å²) in [5.41, 5.74) is 6.82. The van der Waals surface area contributed by atoms with Crippen molar-refractivity contribution in [2.75, 3.05) is 48.0 Å². The van der Waals surface area contributed by atoms with Crippen molar-refractivity contribution >= 4 is 51.5 Å². The fraction of sp³-hybridized carbons (Fsp3) is 0.500. The Hall–Kier alpha value is -0.790. The molecule has 0 bridgehead atoms. The molecule has 0 saturated carbocycles. The highest BCUT2D eigenvalue weighted by Crippen LogP contribution is 2.44. The van der Waals surface area contributed by atoms with Gasteiger partial charge in [0, 0.05) is 25.4 Å². The molecular weight excluding hydrogens is 322 g/mol. The molecule has 0 aliphatic carbocycles. The van der Waals surface area contributed by atoms with Crippen LogP contribution in [0.25, 0.3) is 0 Å². The molecule has 4 nitrogen and oxygen atoms in total. The first-order valence-electron chi connectivity index (χ1n) is 6.87. The van der Waals surface area contributed by atoms with Crippen LogP contribution < -0.4 is 16.0 Å². The minimum atomic E-state index is -0.108. The van der Waals surface area contributed by atoms with Gasteiger partial charge in [-0.15, -0.1) is 29.7 Å². The number of rotatable bonds is 5. The predicted molar refractivity (Wildman–Crippen MR) is 97.2 cm³/mol. The lowest BCUT2D eigenvalue weighted by atomic mass is 10.3. The van der Waals surface area contributed by atoms with Crippen LogP contribution >= 0.6 is 34.9 Å². The summed E-state index contributed by atoms with van der Waals surface area (Å²) in [7, 11) is 0. The fourth-order valence-corrected chi connectivity index (χ4v) is 5.22. The lowest BCUT2D eigenvalue weighted by Crippen LogP contribution is -2.25. The molecule has 0 unspecified atom stereocenters. The lowest BCUT2D eigenvalue weighted by Gasteiger charge is -2.21. The molecule has 0 atom stereocenters. The number of nitrogens with two attached hydrogens (primary N) is 1. The minimum absolute atomic E-state index is 0.108. The van der Waals surface area contributed by atoms with Crippen LogP contribution in [-0.4, -0.2) is 43.3 Å². The molecule has 1 aliphatic heterocycles. The van der Waals surface area contributed by atoms with Crippen LogP contribution in [0.3, 0.4) is 0 Å². The minimum Gasteiger partial charge on any atom is -0.396 e. The maximum atomic E-state index is 12.2. The van der Waals surface area contributed by atoms with E-state index >= 15 is 0 Å². The molecule has 1 amide bonds. The van der Waals surface area contributed by atoms with Gasteiger partial charge in [-0.05, 0) is 18.4 Å². The third kappa shape index (κ3) is 3.90. The van der Waals surface area contributed by atoms with E-state index in [1.807, 2.05) is 18.0 Å². The topological polar surface area (TPSA) is 58.4 Å². The fourth-order valence-electron chi connectivity index (χ4n) is 2.18. The van der Waals surface area contributed by atoms with Gasteiger partial charge in [-0.2, -0.15) is 11.8 Å². The number of thioether (sulfide) groups is 2. The number of anilines is 2. The van der Waals surface area contributed by atoms with Gasteiger partial charge >= 0.3 is 0 Å². The van der Waals surface area contributed by atoms with Gasteiger partial charge in [-0.1, -0.05) is 6.08 Å². The molecule has 0 spiro atoms. The Morgan fingerprint density at radius 3 is 3.05 bits per heavy atom. The lowest BCUT2D eigenvalue weighted by molar-refractivity contribution is 0.0963. The van der Waals surface area contributed by atoms with E-state index in [4.69, 9.17) is 5.73 Å². The molecule has 0 radical (unpaired) electrons. The van der Waals surface area contributed by atoms with Gasteiger partial charge in [-0.3, -0.25) is 4.79 Å². The number of nitrogens with one attached hydrogen (secondary N) is 1. The van der Waals surface area contributed by atoms with Crippen LogP contribution in [0.15, 0.2) is 17.6 Å². The first kappa shape index (κ1) is 16.6. The SMILES string of the molecule is C=CCNC(=O)c1sc(N2CCCSCC2)c(SC)c1N. The number of nitrogen functional groups attached to an aromatic ring is 1. The highest BCUT2D eigenvalue weighted by Gasteiger charge is 2.24. The van der Waals surface area contributed by atoms with Crippen molar-refractivity contribution in [1.82, 2.24) is 5.32 Å². The van der Waals surface area contributed by atoms with Crippen molar-refractivity contribution in [3.05, 3.63) is 17.5 Å². The number of carbonyl (C=O) groups excluding carboxylic acids is 1. The van der Waals surface area contributed by atoms with Gasteiger partial charge in [0.15, 0.2) is 0 Å². The van der Waals surface area contributed by atoms with Gasteiger partial charge in [-0.25, -0.2) is 0 Å². The first-order chi connectivity index (χ1) is 10.2. The molecule has 21 heavy (non-hydrogen) atoms. The third-order valence-corrected chi connectivity index (χ3v) is 6.47. The molecular formula is C14H21N3OS3. The Kier molecular flexibility index (Phi) is 6.32. The molecule has 1 aromatic heterocycles. The van der Waals surface area contributed by atoms with E-state index in [0.717, 1.165) is 28.7 Å². The highest BCUT2D eigenvalue weighted by atomic mass is 32.2. The van der Waals surface area contributed by atoms with Crippen LogP contribution in [0, 0.1) is 0 Å². The summed E-state index contributed by atoms with van der Waals surface area (Å²) in [5, 5.41) is 3.96. The molecule has 1 fully saturated rings. The van der Waals surface area contributed by atoms with E-state index in [9.17, 15) is 4.79 Å². The predicted octanol–water partition coefficient (Wildman–Crippen LogP) is 2.91. The van der Waals surface area contributed by atoms with E-state index in [1.54, 1.807) is 17.8 Å². The van der Waals surface area contributed by atoms with E-state index in [1.165, 1.54) is 23.5 Å². The van der Waals surface area contributed by atoms with Gasteiger partial charge in [0.05, 0.1) is 10.6 Å². The number of thiophene rings is 1. The number of hydrogen-bond donors (Lipinski definition) is 2. The zero-order chi connectivity index (χ0) is 15.2. The summed E-state index contributed by atoms with van der Waals surface area (Å²) in [6.07, 6.45) is 4.86. The van der Waals surface area contributed by atoms with Gasteiger partial charge in [0.2, 0.25) is 0 Å². The summed E-state index contributed by atoms with van der Waals surface area (Å²) < 4.78 is 0. The molecule has 2 heterocycles. The van der Waals surface area contributed by atoms with E-state index < -0.39 is 0 Å². The standard InChI is InChI=1S/C14H21N3OS3/c1-3-5-16-13(18)11-10(15)12(19-2)14(21-11)17-6-4-8-20-9-7-17/h3H,1,4-9,15H2,2H3,(H,16,18). The second-order valence-corrected chi connectivity index (χ2v) is 7.68. The van der Waals surface area contributed by atoms with Crippen LogP contribution in [0.4, 0.5) is 10.7 Å². The number of carbonyl (C=O) groups is 1. The number of hydrogen-bond acceptors (Lipinski definition) is 6. The molecule has 1 saturated heterocycles. The van der Waals surface area contributed by atoms with Crippen molar-refractivity contribution in [2.45, 2.75) is 11.3 Å². The molecule has 2 rings (SSSR count). The van der Waals surface area contributed by atoms with Crippen molar-refractivity contribution in [3.8, 4) is 0 Å².